The van der Waals surface area contributed by atoms with Crippen LogP contribution < -0.4 is 5.32 Å². The fourth-order valence-electron chi connectivity index (χ4n) is 9.50. The molecule has 11 heteroatoms. The lowest BCUT2D eigenvalue weighted by molar-refractivity contribution is -0.305. The quantitative estimate of drug-likeness (QED) is 0.0195. The van der Waals surface area contributed by atoms with E-state index in [0.717, 1.165) is 103 Å². The molecule has 1 saturated heterocycles. The Bertz CT molecular complexity index is 1590. The number of hydrogen-bond donors (Lipinski definition) is 6. The number of allylic oxidation sites excluding steroid dienone is 13. The summed E-state index contributed by atoms with van der Waals surface area (Å²) in [6.45, 7) is 5.63. The summed E-state index contributed by atoms with van der Waals surface area (Å²) in [5, 5.41) is 57.0. The van der Waals surface area contributed by atoms with Gasteiger partial charge in [0.2, 0.25) is 5.91 Å². The van der Waals surface area contributed by atoms with Crippen LogP contribution >= 0.6 is 0 Å². The van der Waals surface area contributed by atoms with Crippen LogP contribution in [-0.4, -0.2) is 99.6 Å². The first-order valence-electron chi connectivity index (χ1n) is 31.9. The van der Waals surface area contributed by atoms with Crippen LogP contribution in [0.15, 0.2) is 85.1 Å². The molecule has 0 aromatic carbocycles. The summed E-state index contributed by atoms with van der Waals surface area (Å²) >= 11 is 0. The lowest BCUT2D eigenvalue weighted by Crippen LogP contribution is -2.61. The summed E-state index contributed by atoms with van der Waals surface area (Å²) < 4.78 is 17.6. The molecule has 0 aliphatic carbocycles. The molecule has 0 aromatic rings. The van der Waals surface area contributed by atoms with Crippen LogP contribution in [0.3, 0.4) is 0 Å². The Hall–Kier alpha value is -3.16. The predicted octanol–water partition coefficient (Wildman–Crippen LogP) is 15.3. The maximum Gasteiger partial charge on any atom is 0.306 e. The van der Waals surface area contributed by atoms with Crippen molar-refractivity contribution in [1.82, 2.24) is 5.32 Å². The third-order valence-corrected chi connectivity index (χ3v) is 14.5. The van der Waals surface area contributed by atoms with Crippen molar-refractivity contribution < 1.29 is 49.3 Å². The third-order valence-electron chi connectivity index (χ3n) is 14.5. The molecule has 1 rings (SSSR count). The Balaban J connectivity index is 2.65. The fraction of sp³-hybridized carbons (Fsp3) is 0.761. The number of aliphatic hydroxyl groups excluding tert-OH is 5. The number of esters is 1. The average molecular weight is 1100 g/mol. The Morgan fingerprint density at radius 2 is 0.923 bits per heavy atom. The Labute approximate surface area is 476 Å². The van der Waals surface area contributed by atoms with Crippen LogP contribution in [0.25, 0.3) is 0 Å². The van der Waals surface area contributed by atoms with E-state index in [1.54, 1.807) is 6.08 Å². The minimum atomic E-state index is -1.62. The second-order valence-electron chi connectivity index (χ2n) is 21.8. The van der Waals surface area contributed by atoms with E-state index >= 15 is 0 Å². The third kappa shape index (κ3) is 41.8. The molecule has 1 fully saturated rings. The van der Waals surface area contributed by atoms with Gasteiger partial charge in [0.25, 0.3) is 0 Å². The van der Waals surface area contributed by atoms with Gasteiger partial charge in [0.15, 0.2) is 12.4 Å². The smallest absolute Gasteiger partial charge is 0.306 e. The zero-order chi connectivity index (χ0) is 56.8. The molecule has 0 radical (unpaired) electrons. The van der Waals surface area contributed by atoms with Gasteiger partial charge in [0, 0.05) is 6.42 Å². The summed E-state index contributed by atoms with van der Waals surface area (Å²) in [6, 6.07) is -1.04. The Kier molecular flexibility index (Phi) is 50.8. The molecule has 1 amide bonds. The highest BCUT2D eigenvalue weighted by atomic mass is 16.7. The van der Waals surface area contributed by atoms with Crippen molar-refractivity contribution >= 4 is 11.9 Å². The van der Waals surface area contributed by atoms with E-state index in [0.29, 0.717) is 12.8 Å². The molecule has 0 saturated carbocycles. The van der Waals surface area contributed by atoms with E-state index in [9.17, 15) is 35.1 Å². The number of carbonyl (C=O) groups is 2. The first-order valence-corrected chi connectivity index (χ1v) is 31.9. The number of hydrogen-bond acceptors (Lipinski definition) is 10. The summed E-state index contributed by atoms with van der Waals surface area (Å²) in [5.74, 6) is -1.22. The van der Waals surface area contributed by atoms with Crippen LogP contribution in [0, 0.1) is 0 Å². The van der Waals surface area contributed by atoms with Crippen molar-refractivity contribution in [3.63, 3.8) is 0 Å². The van der Waals surface area contributed by atoms with Crippen LogP contribution in [0.4, 0.5) is 0 Å². The average Bonchev–Trinajstić information content (AvgIpc) is 3.44. The van der Waals surface area contributed by atoms with Gasteiger partial charge < -0.3 is 45.1 Å². The van der Waals surface area contributed by atoms with Gasteiger partial charge in [-0.3, -0.25) is 9.59 Å². The molecular formula is C67H117NO10. The molecule has 6 N–H and O–H groups in total. The molecule has 1 heterocycles. The van der Waals surface area contributed by atoms with Crippen molar-refractivity contribution in [2.45, 2.75) is 314 Å². The van der Waals surface area contributed by atoms with Crippen LogP contribution in [0.2, 0.25) is 0 Å². The van der Waals surface area contributed by atoms with Gasteiger partial charge in [0.05, 0.1) is 25.4 Å². The van der Waals surface area contributed by atoms with Gasteiger partial charge in [-0.2, -0.15) is 0 Å². The van der Waals surface area contributed by atoms with Crippen LogP contribution in [0.1, 0.15) is 265 Å². The van der Waals surface area contributed by atoms with Gasteiger partial charge in [0.1, 0.15) is 24.4 Å². The lowest BCUT2D eigenvalue weighted by Gasteiger charge is -2.41. The monoisotopic (exact) mass is 1100 g/mol. The van der Waals surface area contributed by atoms with E-state index in [4.69, 9.17) is 14.2 Å². The summed E-state index contributed by atoms with van der Waals surface area (Å²) in [4.78, 5) is 26.5. The minimum absolute atomic E-state index is 0.113. The topological polar surface area (TPSA) is 175 Å². The second kappa shape index (κ2) is 54.4. The lowest BCUT2D eigenvalue weighted by atomic mass is 9.99. The maximum absolute atomic E-state index is 13.4. The number of nitrogens with one attached hydrogen (secondary N) is 1. The van der Waals surface area contributed by atoms with Gasteiger partial charge in [-0.05, 0) is 96.3 Å². The van der Waals surface area contributed by atoms with Gasteiger partial charge in [-0.1, -0.05) is 247 Å². The zero-order valence-corrected chi connectivity index (χ0v) is 49.8. The molecule has 0 spiro atoms. The molecule has 1 aliphatic heterocycles. The minimum Gasteiger partial charge on any atom is -0.454 e. The van der Waals surface area contributed by atoms with Crippen LogP contribution in [-0.2, 0) is 23.8 Å². The fourth-order valence-corrected chi connectivity index (χ4v) is 9.50. The molecule has 0 aromatic heterocycles. The van der Waals surface area contributed by atoms with Crippen molar-refractivity contribution in [1.29, 1.82) is 0 Å². The van der Waals surface area contributed by atoms with E-state index in [1.807, 2.05) is 6.08 Å². The van der Waals surface area contributed by atoms with Crippen molar-refractivity contribution in [2.24, 2.45) is 0 Å². The number of unbranched alkanes of at least 4 members (excludes halogenated alkanes) is 27. The van der Waals surface area contributed by atoms with E-state index < -0.39 is 67.4 Å². The number of amides is 1. The molecule has 8 atom stereocenters. The van der Waals surface area contributed by atoms with Gasteiger partial charge in [-0.15, -0.1) is 0 Å². The SMILES string of the molecule is CC/C=C/C/C=C/C/C=C/CCCCCC(O)C(=O)NC(COC1OC(CO)C(O)C(O)C1OC(=O)CCCCCCCCCCCC/C=C\C/C=C\C/C=C\CCCCC)C(O)/C=C/CCCCCCCCCCCCC. The van der Waals surface area contributed by atoms with Crippen LogP contribution in [0.5, 0.6) is 0 Å². The van der Waals surface area contributed by atoms with E-state index in [1.165, 1.54) is 116 Å². The Morgan fingerprint density at radius 1 is 0.513 bits per heavy atom. The molecule has 11 nitrogen and oxygen atoms in total. The Morgan fingerprint density at radius 3 is 1.41 bits per heavy atom. The van der Waals surface area contributed by atoms with Crippen molar-refractivity contribution in [3.05, 3.63) is 85.1 Å². The summed E-state index contributed by atoms with van der Waals surface area (Å²) in [5.41, 5.74) is 0. The summed E-state index contributed by atoms with van der Waals surface area (Å²) in [7, 11) is 0. The standard InChI is InChI=1S/C67H117NO10/c1-4-7-10-13-16-19-22-25-26-27-28-29-30-31-32-33-34-37-40-43-46-49-52-55-62(72)78-65-64(74)63(73)61(56-69)77-67(65)76-57-58(59(70)53-50-47-44-41-38-35-23-20-17-14-11-8-5-2)68-66(75)60(71)54-51-48-45-42-39-36-24-21-18-15-12-9-6-3/h9,12,16,18-19,21,25-26,28-29,36,39,50,53,58-61,63-65,67,69-71,73-74H,4-8,10-11,13-15,17,20,22-24,27,30-35,37-38,40-49,51-52,54-57H2,1-3H3,(H,68,75)/b12-9+,19-16-,21-18+,26-25-,29-28-,39-36+,53-50+. The van der Waals surface area contributed by atoms with Crippen molar-refractivity contribution in [3.8, 4) is 0 Å². The van der Waals surface area contributed by atoms with Crippen molar-refractivity contribution in [2.75, 3.05) is 13.2 Å². The normalized spacial score (nSPS) is 19.5. The molecule has 450 valence electrons. The molecular weight excluding hydrogens is 979 g/mol. The number of carbonyl (C=O) groups excluding carboxylic acids is 2. The van der Waals surface area contributed by atoms with Gasteiger partial charge in [-0.25, -0.2) is 0 Å². The molecule has 8 unspecified atom stereocenters. The molecule has 0 bridgehead atoms. The summed E-state index contributed by atoms with van der Waals surface area (Å²) in [6.07, 6.45) is 60.5. The largest absolute Gasteiger partial charge is 0.454 e. The molecule has 78 heavy (non-hydrogen) atoms. The first-order chi connectivity index (χ1) is 38.2. The highest BCUT2D eigenvalue weighted by Crippen LogP contribution is 2.26. The zero-order valence-electron chi connectivity index (χ0n) is 49.8. The van der Waals surface area contributed by atoms with E-state index in [-0.39, 0.29) is 19.4 Å². The number of ether oxygens (including phenoxy) is 3. The second-order valence-corrected chi connectivity index (χ2v) is 21.8. The van der Waals surface area contributed by atoms with Gasteiger partial charge >= 0.3 is 5.97 Å². The highest BCUT2D eigenvalue weighted by molar-refractivity contribution is 5.80. The highest BCUT2D eigenvalue weighted by Gasteiger charge is 2.47. The maximum atomic E-state index is 13.4. The number of rotatable bonds is 53. The number of aliphatic hydroxyl groups is 5. The first kappa shape index (κ1) is 72.9. The predicted molar refractivity (Wildman–Crippen MR) is 324 cm³/mol. The molecule has 1 aliphatic rings. The van der Waals surface area contributed by atoms with E-state index in [2.05, 4.69) is 99.0 Å².